The van der Waals surface area contributed by atoms with E-state index in [4.69, 9.17) is 5.73 Å². The zero-order chi connectivity index (χ0) is 12.5. The third kappa shape index (κ3) is 5.84. The molecule has 96 valence electrons. The summed E-state index contributed by atoms with van der Waals surface area (Å²) in [4.78, 5) is 14.1. The molecule has 0 bridgehead atoms. The van der Waals surface area contributed by atoms with E-state index in [1.165, 1.54) is 9.75 Å². The standard InChI is InChI=1S/C13H22N2OS/c1-2-11-7-8-12(17-11)10-15-13(16)6-4-3-5-9-14/h7-8H,2-6,9-10,14H2,1H3,(H,15,16). The number of rotatable bonds is 8. The monoisotopic (exact) mass is 254 g/mol. The maximum Gasteiger partial charge on any atom is 0.220 e. The summed E-state index contributed by atoms with van der Waals surface area (Å²) in [6.07, 6.45) is 4.68. The molecule has 0 aliphatic heterocycles. The fraction of sp³-hybridized carbons (Fsp3) is 0.615. The molecule has 0 aliphatic rings. The van der Waals surface area contributed by atoms with Gasteiger partial charge >= 0.3 is 0 Å². The number of hydrogen-bond acceptors (Lipinski definition) is 3. The van der Waals surface area contributed by atoms with Gasteiger partial charge in [-0.2, -0.15) is 0 Å². The second-order valence-corrected chi connectivity index (χ2v) is 5.35. The molecule has 0 saturated heterocycles. The smallest absolute Gasteiger partial charge is 0.220 e. The van der Waals surface area contributed by atoms with Crippen molar-refractivity contribution in [3.05, 3.63) is 21.9 Å². The van der Waals surface area contributed by atoms with E-state index in [-0.39, 0.29) is 5.91 Å². The first-order chi connectivity index (χ1) is 8.26. The molecule has 0 atom stereocenters. The van der Waals surface area contributed by atoms with E-state index < -0.39 is 0 Å². The van der Waals surface area contributed by atoms with Crippen LogP contribution in [-0.4, -0.2) is 12.5 Å². The molecular weight excluding hydrogens is 232 g/mol. The van der Waals surface area contributed by atoms with Crippen molar-refractivity contribution in [2.45, 2.75) is 45.6 Å². The highest BCUT2D eigenvalue weighted by Gasteiger charge is 2.02. The van der Waals surface area contributed by atoms with E-state index in [0.717, 1.165) is 32.2 Å². The lowest BCUT2D eigenvalue weighted by Crippen LogP contribution is -2.21. The molecule has 17 heavy (non-hydrogen) atoms. The Labute approximate surface area is 107 Å². The number of amides is 1. The number of aryl methyl sites for hydroxylation is 1. The highest BCUT2D eigenvalue weighted by atomic mass is 32.1. The normalized spacial score (nSPS) is 10.5. The number of carbonyl (C=O) groups excluding carboxylic acids is 1. The van der Waals surface area contributed by atoms with Gasteiger partial charge < -0.3 is 11.1 Å². The summed E-state index contributed by atoms with van der Waals surface area (Å²) in [6.45, 7) is 3.53. The molecule has 1 aromatic rings. The fourth-order valence-corrected chi connectivity index (χ4v) is 2.49. The number of hydrogen-bond donors (Lipinski definition) is 2. The second-order valence-electron chi connectivity index (χ2n) is 4.10. The van der Waals surface area contributed by atoms with Crippen LogP contribution in [0.3, 0.4) is 0 Å². The lowest BCUT2D eigenvalue weighted by molar-refractivity contribution is -0.121. The topological polar surface area (TPSA) is 55.1 Å². The third-order valence-electron chi connectivity index (χ3n) is 2.63. The Bertz CT molecular complexity index is 336. The van der Waals surface area contributed by atoms with E-state index in [0.29, 0.717) is 13.0 Å². The molecule has 0 fully saturated rings. The average molecular weight is 254 g/mol. The molecule has 1 aromatic heterocycles. The number of nitrogens with one attached hydrogen (secondary N) is 1. The zero-order valence-electron chi connectivity index (χ0n) is 10.5. The van der Waals surface area contributed by atoms with Gasteiger partial charge in [0.15, 0.2) is 0 Å². The molecule has 0 radical (unpaired) electrons. The van der Waals surface area contributed by atoms with Crippen LogP contribution in [0.5, 0.6) is 0 Å². The predicted molar refractivity (Wildman–Crippen MR) is 73.1 cm³/mol. The summed E-state index contributed by atoms with van der Waals surface area (Å²) in [7, 11) is 0. The SMILES string of the molecule is CCc1ccc(CNC(=O)CCCCCN)s1. The Balaban J connectivity index is 2.14. The van der Waals surface area contributed by atoms with Gasteiger partial charge in [-0.3, -0.25) is 4.79 Å². The molecule has 3 nitrogen and oxygen atoms in total. The summed E-state index contributed by atoms with van der Waals surface area (Å²) < 4.78 is 0. The minimum atomic E-state index is 0.147. The van der Waals surface area contributed by atoms with Crippen molar-refractivity contribution in [2.75, 3.05) is 6.54 Å². The summed E-state index contributed by atoms with van der Waals surface area (Å²) in [5, 5.41) is 2.95. The van der Waals surface area contributed by atoms with Crippen LogP contribution >= 0.6 is 11.3 Å². The van der Waals surface area contributed by atoms with Crippen molar-refractivity contribution >= 4 is 17.2 Å². The molecule has 1 amide bonds. The van der Waals surface area contributed by atoms with E-state index in [1.807, 2.05) is 0 Å². The van der Waals surface area contributed by atoms with E-state index >= 15 is 0 Å². The van der Waals surface area contributed by atoms with E-state index in [1.54, 1.807) is 11.3 Å². The summed E-state index contributed by atoms with van der Waals surface area (Å²) in [6, 6.07) is 4.23. The van der Waals surface area contributed by atoms with Crippen molar-refractivity contribution < 1.29 is 4.79 Å². The van der Waals surface area contributed by atoms with Crippen molar-refractivity contribution in [3.63, 3.8) is 0 Å². The van der Waals surface area contributed by atoms with Crippen molar-refractivity contribution in [1.29, 1.82) is 0 Å². The maximum absolute atomic E-state index is 11.5. The highest BCUT2D eigenvalue weighted by Crippen LogP contribution is 2.16. The Hall–Kier alpha value is -0.870. The molecule has 1 rings (SSSR count). The molecule has 0 spiro atoms. The van der Waals surface area contributed by atoms with Gasteiger partial charge in [-0.15, -0.1) is 11.3 Å². The van der Waals surface area contributed by atoms with Gasteiger partial charge in [-0.1, -0.05) is 13.3 Å². The van der Waals surface area contributed by atoms with Gasteiger partial charge in [-0.05, 0) is 37.9 Å². The van der Waals surface area contributed by atoms with Crippen LogP contribution in [0, 0.1) is 0 Å². The number of unbranched alkanes of at least 4 members (excludes halogenated alkanes) is 2. The fourth-order valence-electron chi connectivity index (χ4n) is 1.59. The van der Waals surface area contributed by atoms with Gasteiger partial charge in [0.05, 0.1) is 6.54 Å². The molecule has 4 heteroatoms. The number of nitrogens with two attached hydrogens (primary N) is 1. The predicted octanol–water partition coefficient (Wildman–Crippen LogP) is 2.45. The lowest BCUT2D eigenvalue weighted by atomic mass is 10.2. The largest absolute Gasteiger partial charge is 0.351 e. The van der Waals surface area contributed by atoms with Crippen LogP contribution in [0.25, 0.3) is 0 Å². The van der Waals surface area contributed by atoms with Crippen LogP contribution in [0.1, 0.15) is 42.4 Å². The van der Waals surface area contributed by atoms with Crippen molar-refractivity contribution in [3.8, 4) is 0 Å². The minimum absolute atomic E-state index is 0.147. The Morgan fingerprint density at radius 1 is 1.29 bits per heavy atom. The van der Waals surface area contributed by atoms with Crippen molar-refractivity contribution in [2.24, 2.45) is 5.73 Å². The third-order valence-corrected chi connectivity index (χ3v) is 3.86. The molecule has 3 N–H and O–H groups in total. The van der Waals surface area contributed by atoms with Crippen LogP contribution in [0.15, 0.2) is 12.1 Å². The number of carbonyl (C=O) groups is 1. The first-order valence-electron chi connectivity index (χ1n) is 6.30. The Kier molecular flexibility index (Phi) is 6.89. The molecule has 0 unspecified atom stereocenters. The van der Waals surface area contributed by atoms with Gasteiger partial charge in [0, 0.05) is 16.2 Å². The first kappa shape index (κ1) is 14.2. The molecule has 0 saturated carbocycles. The van der Waals surface area contributed by atoms with Crippen LogP contribution < -0.4 is 11.1 Å². The van der Waals surface area contributed by atoms with E-state index in [2.05, 4.69) is 24.4 Å². The lowest BCUT2D eigenvalue weighted by Gasteiger charge is -2.03. The Morgan fingerprint density at radius 2 is 2.06 bits per heavy atom. The van der Waals surface area contributed by atoms with Gasteiger partial charge in [-0.25, -0.2) is 0 Å². The first-order valence-corrected chi connectivity index (χ1v) is 7.12. The highest BCUT2D eigenvalue weighted by molar-refractivity contribution is 7.11. The van der Waals surface area contributed by atoms with Gasteiger partial charge in [0.2, 0.25) is 5.91 Å². The van der Waals surface area contributed by atoms with Crippen molar-refractivity contribution in [1.82, 2.24) is 5.32 Å². The molecule has 0 aliphatic carbocycles. The number of thiophene rings is 1. The van der Waals surface area contributed by atoms with Gasteiger partial charge in [0.25, 0.3) is 0 Å². The minimum Gasteiger partial charge on any atom is -0.351 e. The maximum atomic E-state index is 11.5. The zero-order valence-corrected chi connectivity index (χ0v) is 11.3. The van der Waals surface area contributed by atoms with Gasteiger partial charge in [0.1, 0.15) is 0 Å². The molecule has 0 aromatic carbocycles. The molecular formula is C13H22N2OS. The summed E-state index contributed by atoms with van der Waals surface area (Å²) >= 11 is 1.78. The summed E-state index contributed by atoms with van der Waals surface area (Å²) in [5.74, 6) is 0.147. The second kappa shape index (κ2) is 8.25. The van der Waals surface area contributed by atoms with Crippen LogP contribution in [0.2, 0.25) is 0 Å². The molecule has 1 heterocycles. The van der Waals surface area contributed by atoms with Crippen LogP contribution in [-0.2, 0) is 17.8 Å². The quantitative estimate of drug-likeness (QED) is 0.700. The summed E-state index contributed by atoms with van der Waals surface area (Å²) in [5.41, 5.74) is 5.40. The van der Waals surface area contributed by atoms with Crippen LogP contribution in [0.4, 0.5) is 0 Å². The average Bonchev–Trinajstić information content (AvgIpc) is 2.80. The van der Waals surface area contributed by atoms with E-state index in [9.17, 15) is 4.79 Å². The Morgan fingerprint density at radius 3 is 2.71 bits per heavy atom.